The van der Waals surface area contributed by atoms with Crippen LogP contribution in [-0.4, -0.2) is 20.4 Å². The molecule has 0 aliphatic heterocycles. The number of furan rings is 1. The first-order valence-electron chi connectivity index (χ1n) is 6.45. The molecule has 0 aliphatic rings. The molecule has 0 amide bonds. The molecule has 0 saturated carbocycles. The molecule has 0 spiro atoms. The Bertz CT molecular complexity index is 647. The zero-order valence-corrected chi connectivity index (χ0v) is 12.5. The van der Waals surface area contributed by atoms with E-state index >= 15 is 0 Å². The van der Waals surface area contributed by atoms with Crippen molar-refractivity contribution in [3.63, 3.8) is 0 Å². The van der Waals surface area contributed by atoms with Gasteiger partial charge in [0.25, 0.3) is 0 Å². The molecule has 0 bridgehead atoms. The minimum absolute atomic E-state index is 0.0662. The molecule has 0 aliphatic carbocycles. The van der Waals surface area contributed by atoms with E-state index in [1.807, 2.05) is 43.3 Å². The molecule has 20 heavy (non-hydrogen) atoms. The average molecular weight is 293 g/mol. The summed E-state index contributed by atoms with van der Waals surface area (Å²) in [7, 11) is -3.07. The van der Waals surface area contributed by atoms with Crippen molar-refractivity contribution < 1.29 is 12.8 Å². The highest BCUT2D eigenvalue weighted by atomic mass is 32.2. The summed E-state index contributed by atoms with van der Waals surface area (Å²) >= 11 is 0. The minimum atomic E-state index is -3.07. The summed E-state index contributed by atoms with van der Waals surface area (Å²) in [5.41, 5.74) is 2.02. The van der Waals surface area contributed by atoms with Gasteiger partial charge in [-0.3, -0.25) is 0 Å². The predicted octanol–water partition coefficient (Wildman–Crippen LogP) is 2.46. The number of hydrogen-bond acceptors (Lipinski definition) is 4. The van der Waals surface area contributed by atoms with Crippen LogP contribution in [0.2, 0.25) is 0 Å². The van der Waals surface area contributed by atoms with Gasteiger partial charge in [-0.25, -0.2) is 8.42 Å². The van der Waals surface area contributed by atoms with E-state index in [4.69, 9.17) is 4.42 Å². The van der Waals surface area contributed by atoms with Crippen molar-refractivity contribution in [3.8, 4) is 0 Å². The Morgan fingerprint density at radius 1 is 1.20 bits per heavy atom. The molecular formula is C15H19NO3S. The molecule has 1 aromatic heterocycles. The molecule has 0 unspecified atom stereocenters. The van der Waals surface area contributed by atoms with Crippen LogP contribution >= 0.6 is 0 Å². The van der Waals surface area contributed by atoms with E-state index in [0.29, 0.717) is 6.54 Å². The predicted molar refractivity (Wildman–Crippen MR) is 79.2 cm³/mol. The zero-order valence-electron chi connectivity index (χ0n) is 11.7. The van der Waals surface area contributed by atoms with E-state index in [9.17, 15) is 8.42 Å². The van der Waals surface area contributed by atoms with Gasteiger partial charge in [0.05, 0.1) is 18.6 Å². The molecule has 5 heteroatoms. The van der Waals surface area contributed by atoms with Gasteiger partial charge in [0.15, 0.2) is 0 Å². The topological polar surface area (TPSA) is 59.3 Å². The van der Waals surface area contributed by atoms with Crippen LogP contribution in [0, 0.1) is 6.92 Å². The molecule has 2 aromatic rings. The maximum absolute atomic E-state index is 11.6. The number of aryl methyl sites for hydroxylation is 1. The highest BCUT2D eigenvalue weighted by Crippen LogP contribution is 2.17. The third-order valence-corrected chi connectivity index (χ3v) is 4.09. The van der Waals surface area contributed by atoms with Gasteiger partial charge in [-0.2, -0.15) is 0 Å². The monoisotopic (exact) mass is 293 g/mol. The van der Waals surface area contributed by atoms with Crippen molar-refractivity contribution in [1.29, 1.82) is 0 Å². The smallest absolute Gasteiger partial charge is 0.149 e. The normalized spacial score (nSPS) is 13.3. The minimum Gasteiger partial charge on any atom is -0.468 e. The van der Waals surface area contributed by atoms with Crippen molar-refractivity contribution in [2.45, 2.75) is 19.5 Å². The molecule has 108 valence electrons. The first-order chi connectivity index (χ1) is 9.46. The summed E-state index contributed by atoms with van der Waals surface area (Å²) in [5, 5.41) is 3.26. The van der Waals surface area contributed by atoms with E-state index in [1.165, 1.54) is 6.26 Å². The Morgan fingerprint density at radius 2 is 1.90 bits per heavy atom. The molecular weight excluding hydrogens is 274 g/mol. The number of sulfone groups is 1. The third-order valence-electron chi connectivity index (χ3n) is 3.15. The van der Waals surface area contributed by atoms with Gasteiger partial charge < -0.3 is 9.73 Å². The fraction of sp³-hybridized carbons (Fsp3) is 0.333. The van der Waals surface area contributed by atoms with Crippen LogP contribution in [0.25, 0.3) is 0 Å². The van der Waals surface area contributed by atoms with Crippen molar-refractivity contribution >= 4 is 9.84 Å². The summed E-state index contributed by atoms with van der Waals surface area (Å²) in [6.07, 6.45) is 2.89. The molecule has 0 fully saturated rings. The first kappa shape index (κ1) is 14.8. The fourth-order valence-corrected chi connectivity index (χ4v) is 2.98. The number of nitrogens with one attached hydrogen (secondary N) is 1. The molecule has 0 saturated heterocycles. The van der Waals surface area contributed by atoms with Gasteiger partial charge in [-0.15, -0.1) is 0 Å². The fourth-order valence-electron chi connectivity index (χ4n) is 2.06. The van der Waals surface area contributed by atoms with E-state index < -0.39 is 9.84 Å². The van der Waals surface area contributed by atoms with Crippen molar-refractivity contribution in [2.75, 3.05) is 12.0 Å². The summed E-state index contributed by atoms with van der Waals surface area (Å²) in [6, 6.07) is 11.2. The van der Waals surface area contributed by atoms with Crippen molar-refractivity contribution in [3.05, 3.63) is 59.5 Å². The van der Waals surface area contributed by atoms with Crippen LogP contribution < -0.4 is 5.32 Å². The van der Waals surface area contributed by atoms with E-state index in [1.54, 1.807) is 6.26 Å². The lowest BCUT2D eigenvalue weighted by Gasteiger charge is -2.18. The second kappa shape index (κ2) is 6.24. The second-order valence-corrected chi connectivity index (χ2v) is 7.15. The number of rotatable bonds is 6. The quantitative estimate of drug-likeness (QED) is 0.889. The Kier molecular flexibility index (Phi) is 4.62. The van der Waals surface area contributed by atoms with Crippen LogP contribution in [0.3, 0.4) is 0 Å². The standard InChI is InChI=1S/C15H19NO3S/c1-12-8-9-19-15(12)10-16-14(11-20(2,17)18)13-6-4-3-5-7-13/h3-9,14,16H,10-11H2,1-2H3/t14-/m0/s1. The Morgan fingerprint density at radius 3 is 2.45 bits per heavy atom. The van der Waals surface area contributed by atoms with Gasteiger partial charge >= 0.3 is 0 Å². The van der Waals surface area contributed by atoms with Crippen LogP contribution in [0.15, 0.2) is 47.1 Å². The van der Waals surface area contributed by atoms with Gasteiger partial charge in [0, 0.05) is 12.3 Å². The summed E-state index contributed by atoms with van der Waals surface area (Å²) in [4.78, 5) is 0. The van der Waals surface area contributed by atoms with Crippen LogP contribution in [0.5, 0.6) is 0 Å². The van der Waals surface area contributed by atoms with Crippen LogP contribution in [-0.2, 0) is 16.4 Å². The van der Waals surface area contributed by atoms with Gasteiger partial charge in [-0.05, 0) is 24.1 Å². The molecule has 1 atom stereocenters. The van der Waals surface area contributed by atoms with Crippen LogP contribution in [0.1, 0.15) is 22.9 Å². The van der Waals surface area contributed by atoms with Crippen LogP contribution in [0.4, 0.5) is 0 Å². The lowest BCUT2D eigenvalue weighted by Crippen LogP contribution is -2.27. The Hall–Kier alpha value is -1.59. The maximum Gasteiger partial charge on any atom is 0.149 e. The molecule has 1 aromatic carbocycles. The van der Waals surface area contributed by atoms with Gasteiger partial charge in [0.1, 0.15) is 15.6 Å². The summed E-state index contributed by atoms with van der Waals surface area (Å²) in [5.74, 6) is 0.899. The third kappa shape index (κ3) is 4.21. The van der Waals surface area contributed by atoms with Crippen molar-refractivity contribution in [1.82, 2.24) is 5.32 Å². The Labute approximate surface area is 119 Å². The zero-order chi connectivity index (χ0) is 14.6. The molecule has 1 heterocycles. The molecule has 0 radical (unpaired) electrons. The molecule has 2 rings (SSSR count). The van der Waals surface area contributed by atoms with Gasteiger partial charge in [-0.1, -0.05) is 30.3 Å². The molecule has 1 N–H and O–H groups in total. The maximum atomic E-state index is 11.6. The van der Waals surface area contributed by atoms with Crippen molar-refractivity contribution in [2.24, 2.45) is 0 Å². The average Bonchev–Trinajstić information content (AvgIpc) is 2.80. The lowest BCUT2D eigenvalue weighted by molar-refractivity contribution is 0.457. The SMILES string of the molecule is Cc1ccoc1CN[C@@H](CS(C)(=O)=O)c1ccccc1. The summed E-state index contributed by atoms with van der Waals surface area (Å²) < 4.78 is 28.5. The van der Waals surface area contributed by atoms with E-state index in [0.717, 1.165) is 16.9 Å². The number of hydrogen-bond donors (Lipinski definition) is 1. The Balaban J connectivity index is 2.13. The first-order valence-corrected chi connectivity index (χ1v) is 8.51. The largest absolute Gasteiger partial charge is 0.468 e. The molecule has 4 nitrogen and oxygen atoms in total. The second-order valence-electron chi connectivity index (χ2n) is 4.96. The number of benzene rings is 1. The highest BCUT2D eigenvalue weighted by Gasteiger charge is 2.17. The van der Waals surface area contributed by atoms with E-state index in [2.05, 4.69) is 5.32 Å². The van der Waals surface area contributed by atoms with E-state index in [-0.39, 0.29) is 11.8 Å². The van der Waals surface area contributed by atoms with Gasteiger partial charge in [0.2, 0.25) is 0 Å². The summed E-state index contributed by atoms with van der Waals surface area (Å²) in [6.45, 7) is 2.47. The lowest BCUT2D eigenvalue weighted by atomic mass is 10.1. The highest BCUT2D eigenvalue weighted by molar-refractivity contribution is 7.90.